The van der Waals surface area contributed by atoms with Gasteiger partial charge in [0.2, 0.25) is 0 Å². The summed E-state index contributed by atoms with van der Waals surface area (Å²) in [6, 6.07) is 10.7. The summed E-state index contributed by atoms with van der Waals surface area (Å²) in [4.78, 5) is 16.9. The molecular formula is C27H28FN5O2. The van der Waals surface area contributed by atoms with Crippen LogP contribution in [-0.4, -0.2) is 30.8 Å². The van der Waals surface area contributed by atoms with E-state index in [0.717, 1.165) is 33.4 Å². The number of H-pyrrole nitrogens is 1. The lowest BCUT2D eigenvalue weighted by Gasteiger charge is -2.36. The SMILES string of the molecule is CC(C)(CC#N)c1c([C@H]2CC[C@](C)(C(=O)O)CC2)c2nc3[nH]ncc3cc2n1-c1ccc(F)cc1. The first kappa shape index (κ1) is 23.0. The molecule has 5 rings (SSSR count). The van der Waals surface area contributed by atoms with Crippen molar-refractivity contribution < 1.29 is 14.3 Å². The lowest BCUT2D eigenvalue weighted by Crippen LogP contribution is -2.32. The molecule has 8 heteroatoms. The van der Waals surface area contributed by atoms with Crippen LogP contribution in [-0.2, 0) is 10.2 Å². The summed E-state index contributed by atoms with van der Waals surface area (Å²) in [7, 11) is 0. The van der Waals surface area contributed by atoms with Crippen molar-refractivity contribution in [1.29, 1.82) is 5.26 Å². The van der Waals surface area contributed by atoms with Crippen LogP contribution < -0.4 is 0 Å². The second-order valence-corrected chi connectivity index (χ2v) is 10.6. The van der Waals surface area contributed by atoms with Gasteiger partial charge in [-0.25, -0.2) is 9.37 Å². The molecule has 1 aliphatic rings. The Morgan fingerprint density at radius 3 is 2.63 bits per heavy atom. The summed E-state index contributed by atoms with van der Waals surface area (Å²) in [6.45, 7) is 5.91. The zero-order valence-electron chi connectivity index (χ0n) is 20.1. The quantitative estimate of drug-likeness (QED) is 0.371. The fourth-order valence-electron chi connectivity index (χ4n) is 5.54. The molecule has 1 aromatic carbocycles. The van der Waals surface area contributed by atoms with E-state index < -0.39 is 16.8 Å². The van der Waals surface area contributed by atoms with Crippen LogP contribution in [0, 0.1) is 22.6 Å². The normalized spacial score (nSPS) is 20.8. The van der Waals surface area contributed by atoms with Gasteiger partial charge in [0.15, 0.2) is 5.65 Å². The van der Waals surface area contributed by atoms with Gasteiger partial charge in [0.25, 0.3) is 0 Å². The number of hydrogen-bond acceptors (Lipinski definition) is 4. The Hall–Kier alpha value is -3.73. The van der Waals surface area contributed by atoms with Gasteiger partial charge in [0.1, 0.15) is 5.82 Å². The Morgan fingerprint density at radius 2 is 2.00 bits per heavy atom. The average Bonchev–Trinajstić information content (AvgIpc) is 3.41. The number of nitrogens with zero attached hydrogens (tertiary/aromatic N) is 4. The summed E-state index contributed by atoms with van der Waals surface area (Å²) >= 11 is 0. The summed E-state index contributed by atoms with van der Waals surface area (Å²) in [5.74, 6) is -0.988. The van der Waals surface area contributed by atoms with E-state index in [-0.39, 0.29) is 18.2 Å². The summed E-state index contributed by atoms with van der Waals surface area (Å²) in [5.41, 5.74) is 3.90. The summed E-state index contributed by atoms with van der Waals surface area (Å²) in [5, 5.41) is 27.4. The molecule has 35 heavy (non-hydrogen) atoms. The maximum Gasteiger partial charge on any atom is 0.309 e. The fourth-order valence-corrected chi connectivity index (χ4v) is 5.54. The van der Waals surface area contributed by atoms with Crippen LogP contribution in [0.1, 0.15) is 70.1 Å². The van der Waals surface area contributed by atoms with Crippen LogP contribution >= 0.6 is 0 Å². The minimum atomic E-state index is -0.757. The van der Waals surface area contributed by atoms with E-state index in [2.05, 4.69) is 20.8 Å². The Balaban J connectivity index is 1.82. The van der Waals surface area contributed by atoms with Crippen LogP contribution in [0.25, 0.3) is 27.8 Å². The minimum Gasteiger partial charge on any atom is -0.481 e. The van der Waals surface area contributed by atoms with Gasteiger partial charge >= 0.3 is 5.97 Å². The highest BCUT2D eigenvalue weighted by atomic mass is 19.1. The number of benzene rings is 1. The molecule has 0 unspecified atom stereocenters. The molecule has 3 aromatic heterocycles. The minimum absolute atomic E-state index is 0.0902. The highest BCUT2D eigenvalue weighted by Crippen LogP contribution is 2.49. The number of halogens is 1. The van der Waals surface area contributed by atoms with Gasteiger partial charge in [0, 0.05) is 34.2 Å². The number of fused-ring (bicyclic) bond motifs is 2. The number of aliphatic carboxylic acids is 1. The molecule has 7 nitrogen and oxygen atoms in total. The molecule has 1 fully saturated rings. The van der Waals surface area contributed by atoms with E-state index in [9.17, 15) is 19.6 Å². The van der Waals surface area contributed by atoms with Gasteiger partial charge in [-0.3, -0.25) is 9.89 Å². The Bertz CT molecular complexity index is 1470. The maximum atomic E-state index is 13.8. The monoisotopic (exact) mass is 473 g/mol. The molecule has 3 heterocycles. The molecule has 0 atom stereocenters. The Morgan fingerprint density at radius 1 is 1.31 bits per heavy atom. The molecule has 1 saturated carbocycles. The molecule has 0 spiro atoms. The highest BCUT2D eigenvalue weighted by molar-refractivity contribution is 5.94. The molecule has 180 valence electrons. The van der Waals surface area contributed by atoms with Crippen LogP contribution in [0.5, 0.6) is 0 Å². The van der Waals surface area contributed by atoms with Crippen LogP contribution in [0.15, 0.2) is 36.5 Å². The van der Waals surface area contributed by atoms with E-state index >= 15 is 0 Å². The number of pyridine rings is 1. The first-order valence-corrected chi connectivity index (χ1v) is 11.9. The molecule has 4 aromatic rings. The van der Waals surface area contributed by atoms with Gasteiger partial charge in [-0.15, -0.1) is 0 Å². The molecule has 0 radical (unpaired) electrons. The van der Waals surface area contributed by atoms with Crippen LogP contribution in [0.4, 0.5) is 4.39 Å². The van der Waals surface area contributed by atoms with Crippen molar-refractivity contribution in [3.8, 4) is 11.8 Å². The molecule has 1 aliphatic carbocycles. The number of carboxylic acids is 1. The third-order valence-electron chi connectivity index (χ3n) is 7.64. The van der Waals surface area contributed by atoms with Crippen molar-refractivity contribution in [2.45, 2.75) is 64.2 Å². The van der Waals surface area contributed by atoms with E-state index in [0.29, 0.717) is 31.3 Å². The molecule has 0 amide bonds. The topological polar surface area (TPSA) is 108 Å². The molecule has 0 saturated heterocycles. The standard InChI is InChI=1S/C27H28FN5O2/c1-26(2,12-13-29)23-21(16-8-10-27(3,11-9-16)25(34)35)22-20(14-17-15-30-32-24(17)31-22)33(23)19-6-4-18(28)5-7-19/h4-7,14-16H,8-12H2,1-3H3,(H,34,35)(H,30,31,32)/t16-,27-. The molecule has 0 bridgehead atoms. The van der Waals surface area contributed by atoms with Crippen molar-refractivity contribution >= 4 is 28.0 Å². The second kappa shape index (κ2) is 8.19. The number of rotatable bonds is 5. The number of aromatic amines is 1. The largest absolute Gasteiger partial charge is 0.481 e. The van der Waals surface area contributed by atoms with Crippen molar-refractivity contribution in [2.75, 3.05) is 0 Å². The first-order chi connectivity index (χ1) is 16.6. The van der Waals surface area contributed by atoms with Gasteiger partial charge in [0.05, 0.1) is 28.7 Å². The van der Waals surface area contributed by atoms with E-state index in [1.165, 1.54) is 12.1 Å². The fraction of sp³-hybridized carbons (Fsp3) is 0.407. The first-order valence-electron chi connectivity index (χ1n) is 11.9. The third-order valence-corrected chi connectivity index (χ3v) is 7.64. The number of nitriles is 1. The van der Waals surface area contributed by atoms with Crippen molar-refractivity contribution in [1.82, 2.24) is 19.7 Å². The number of hydrogen-bond donors (Lipinski definition) is 2. The number of carbonyl (C=O) groups is 1. The Kier molecular flexibility index (Phi) is 5.39. The zero-order chi connectivity index (χ0) is 25.0. The number of carboxylic acid groups (broad SMARTS) is 1. The highest BCUT2D eigenvalue weighted by Gasteiger charge is 2.41. The number of aromatic nitrogens is 4. The van der Waals surface area contributed by atoms with Crippen molar-refractivity contribution in [3.63, 3.8) is 0 Å². The smallest absolute Gasteiger partial charge is 0.309 e. The van der Waals surface area contributed by atoms with Crippen molar-refractivity contribution in [2.24, 2.45) is 5.41 Å². The van der Waals surface area contributed by atoms with Crippen molar-refractivity contribution in [3.05, 3.63) is 53.6 Å². The summed E-state index contributed by atoms with van der Waals surface area (Å²) in [6.07, 6.45) is 4.58. The molecular weight excluding hydrogens is 445 g/mol. The average molecular weight is 474 g/mol. The van der Waals surface area contributed by atoms with Crippen LogP contribution in [0.3, 0.4) is 0 Å². The Labute approximate surface area is 202 Å². The molecule has 0 aliphatic heterocycles. The maximum absolute atomic E-state index is 13.8. The molecule has 2 N–H and O–H groups in total. The van der Waals surface area contributed by atoms with Gasteiger partial charge in [-0.2, -0.15) is 10.4 Å². The van der Waals surface area contributed by atoms with Gasteiger partial charge in [-0.05, 0) is 68.9 Å². The van der Waals surface area contributed by atoms with Crippen LogP contribution in [0.2, 0.25) is 0 Å². The predicted octanol–water partition coefficient (Wildman–Crippen LogP) is 5.98. The second-order valence-electron chi connectivity index (χ2n) is 10.6. The lowest BCUT2D eigenvalue weighted by atomic mass is 9.68. The predicted molar refractivity (Wildman–Crippen MR) is 131 cm³/mol. The number of nitrogens with one attached hydrogen (secondary N) is 1. The van der Waals surface area contributed by atoms with Gasteiger partial charge < -0.3 is 9.67 Å². The van der Waals surface area contributed by atoms with Gasteiger partial charge in [-0.1, -0.05) is 13.8 Å². The zero-order valence-corrected chi connectivity index (χ0v) is 20.1. The third kappa shape index (κ3) is 3.75. The van der Waals surface area contributed by atoms with E-state index in [1.54, 1.807) is 18.3 Å². The van der Waals surface area contributed by atoms with E-state index in [4.69, 9.17) is 4.98 Å². The summed E-state index contributed by atoms with van der Waals surface area (Å²) < 4.78 is 16.0. The lowest BCUT2D eigenvalue weighted by molar-refractivity contribution is -0.149. The van der Waals surface area contributed by atoms with E-state index in [1.807, 2.05) is 26.8 Å².